The van der Waals surface area contributed by atoms with Gasteiger partial charge in [-0.2, -0.15) is 15.8 Å². The van der Waals surface area contributed by atoms with Gasteiger partial charge in [-0.25, -0.2) is 0 Å². The third-order valence-corrected chi connectivity index (χ3v) is 14.5. The molecule has 0 saturated heterocycles. The molecule has 1 heterocycles. The molecule has 4 nitrogen and oxygen atoms in total. The summed E-state index contributed by atoms with van der Waals surface area (Å²) in [5.41, 5.74) is 6.29. The molecule has 8 aromatic rings. The van der Waals surface area contributed by atoms with Gasteiger partial charge >= 0.3 is 0 Å². The zero-order valence-corrected chi connectivity index (χ0v) is 28.0. The number of rotatable bonds is 6. The van der Waals surface area contributed by atoms with Crippen LogP contribution >= 0.6 is 0 Å². The molecule has 0 bridgehead atoms. The standard InChI is InChI=1S/C45H28N4Si/c46-29-32-20-25-44-41(26-32)40-18-10-11-19-43(40)49(44)36-23-21-33(22-24-36)34-27-35(30-47)42(31-48)45(28-34)50(37-12-4-1-5-13-37,38-14-6-2-7-15-38)39-16-8-3-9-17-39/h1-28H. The van der Waals surface area contributed by atoms with Gasteiger partial charge in [0, 0.05) is 16.5 Å². The topological polar surface area (TPSA) is 76.3 Å². The van der Waals surface area contributed by atoms with Crippen molar-refractivity contribution in [3.8, 4) is 35.0 Å². The van der Waals surface area contributed by atoms with Crippen molar-refractivity contribution in [2.45, 2.75) is 0 Å². The summed E-state index contributed by atoms with van der Waals surface area (Å²) in [7, 11) is -3.10. The Morgan fingerprint density at radius 1 is 0.440 bits per heavy atom. The first-order valence-corrected chi connectivity index (χ1v) is 18.4. The van der Waals surface area contributed by atoms with Gasteiger partial charge in [-0.3, -0.25) is 0 Å². The minimum atomic E-state index is -3.10. The number of aromatic nitrogens is 1. The van der Waals surface area contributed by atoms with E-state index in [0.29, 0.717) is 16.7 Å². The zero-order chi connectivity index (χ0) is 34.1. The Hall–Kier alpha value is -6.97. The monoisotopic (exact) mass is 652 g/mol. The molecule has 0 atom stereocenters. The van der Waals surface area contributed by atoms with E-state index in [1.165, 1.54) is 0 Å². The SMILES string of the molecule is N#Cc1ccc2c(c1)c1ccccc1n2-c1ccc(-c2cc(C#N)c(C#N)c([Si](c3ccccc3)(c3ccccc3)c3ccccc3)c2)cc1. The molecule has 7 aromatic carbocycles. The lowest BCUT2D eigenvalue weighted by atomic mass is 9.99. The van der Waals surface area contributed by atoms with Crippen LogP contribution in [0.3, 0.4) is 0 Å². The Morgan fingerprint density at radius 2 is 1.00 bits per heavy atom. The highest BCUT2D eigenvalue weighted by Crippen LogP contribution is 2.33. The van der Waals surface area contributed by atoms with Gasteiger partial charge in [0.1, 0.15) is 12.1 Å². The minimum Gasteiger partial charge on any atom is -0.309 e. The van der Waals surface area contributed by atoms with Crippen molar-refractivity contribution in [2.24, 2.45) is 0 Å². The largest absolute Gasteiger partial charge is 0.309 e. The number of benzene rings is 7. The van der Waals surface area contributed by atoms with Crippen LogP contribution in [0.2, 0.25) is 0 Å². The van der Waals surface area contributed by atoms with E-state index in [1.54, 1.807) is 0 Å². The molecule has 5 heteroatoms. The predicted molar refractivity (Wildman–Crippen MR) is 204 cm³/mol. The van der Waals surface area contributed by atoms with Gasteiger partial charge < -0.3 is 4.57 Å². The van der Waals surface area contributed by atoms with Crippen molar-refractivity contribution >= 4 is 50.6 Å². The average Bonchev–Trinajstić information content (AvgIpc) is 3.52. The van der Waals surface area contributed by atoms with Crippen molar-refractivity contribution < 1.29 is 0 Å². The number of fused-ring (bicyclic) bond motifs is 3. The van der Waals surface area contributed by atoms with Crippen LogP contribution in [0.1, 0.15) is 16.7 Å². The molecule has 0 N–H and O–H groups in total. The van der Waals surface area contributed by atoms with Crippen LogP contribution in [-0.4, -0.2) is 12.6 Å². The van der Waals surface area contributed by atoms with Crippen molar-refractivity contribution in [3.63, 3.8) is 0 Å². The van der Waals surface area contributed by atoms with Crippen LogP contribution in [0.15, 0.2) is 170 Å². The van der Waals surface area contributed by atoms with Gasteiger partial charge in [-0.15, -0.1) is 0 Å². The summed E-state index contributed by atoms with van der Waals surface area (Å²) in [6.45, 7) is 0. The second-order valence-corrected chi connectivity index (χ2v) is 16.0. The Balaban J connectivity index is 1.37. The highest BCUT2D eigenvalue weighted by Gasteiger charge is 2.43. The van der Waals surface area contributed by atoms with Gasteiger partial charge in [0.2, 0.25) is 0 Å². The van der Waals surface area contributed by atoms with Crippen LogP contribution in [0, 0.1) is 34.0 Å². The van der Waals surface area contributed by atoms with Gasteiger partial charge in [0.25, 0.3) is 0 Å². The van der Waals surface area contributed by atoms with Gasteiger partial charge in [0.15, 0.2) is 8.07 Å². The molecule has 0 saturated carbocycles. The molecule has 1 aromatic heterocycles. The quantitative estimate of drug-likeness (QED) is 0.138. The average molecular weight is 653 g/mol. The maximum atomic E-state index is 10.7. The van der Waals surface area contributed by atoms with Crippen molar-refractivity contribution in [1.29, 1.82) is 15.8 Å². The van der Waals surface area contributed by atoms with E-state index in [4.69, 9.17) is 0 Å². The van der Waals surface area contributed by atoms with E-state index in [-0.39, 0.29) is 0 Å². The van der Waals surface area contributed by atoms with E-state index >= 15 is 0 Å². The summed E-state index contributed by atoms with van der Waals surface area (Å²) in [6, 6.07) is 64.9. The Bertz CT molecular complexity index is 2560. The van der Waals surface area contributed by atoms with E-state index < -0.39 is 8.07 Å². The molecule has 0 aliphatic carbocycles. The molecular formula is C45H28N4Si. The molecule has 0 aliphatic rings. The predicted octanol–water partition coefficient (Wildman–Crippen LogP) is 7.44. The second kappa shape index (κ2) is 12.6. The van der Waals surface area contributed by atoms with Gasteiger partial charge in [-0.1, -0.05) is 127 Å². The maximum absolute atomic E-state index is 10.7. The highest BCUT2D eigenvalue weighted by atomic mass is 28.3. The number of hydrogen-bond donors (Lipinski definition) is 0. The van der Waals surface area contributed by atoms with E-state index in [1.807, 2.05) is 54.6 Å². The lowest BCUT2D eigenvalue weighted by Gasteiger charge is -2.35. The summed E-state index contributed by atoms with van der Waals surface area (Å²) < 4.78 is 2.22. The molecule has 0 amide bonds. The second-order valence-electron chi connectivity index (χ2n) is 12.3. The molecule has 232 valence electrons. The number of hydrogen-bond acceptors (Lipinski definition) is 3. The zero-order valence-electron chi connectivity index (χ0n) is 27.0. The Labute approximate surface area is 291 Å². The number of nitrogens with zero attached hydrogens (tertiary/aromatic N) is 4. The van der Waals surface area contributed by atoms with E-state index in [9.17, 15) is 15.8 Å². The third kappa shape index (κ3) is 4.80. The molecular weight excluding hydrogens is 625 g/mol. The molecule has 0 fully saturated rings. The van der Waals surface area contributed by atoms with Crippen LogP contribution in [0.4, 0.5) is 0 Å². The third-order valence-electron chi connectivity index (χ3n) is 9.66. The maximum Gasteiger partial charge on any atom is 0.181 e. The Morgan fingerprint density at radius 3 is 1.56 bits per heavy atom. The summed E-state index contributed by atoms with van der Waals surface area (Å²) in [5.74, 6) is 0. The summed E-state index contributed by atoms with van der Waals surface area (Å²) >= 11 is 0. The molecule has 0 unspecified atom stereocenters. The van der Waals surface area contributed by atoms with E-state index in [0.717, 1.165) is 59.4 Å². The fourth-order valence-corrected chi connectivity index (χ4v) is 12.4. The molecule has 0 spiro atoms. The first-order valence-electron chi connectivity index (χ1n) is 16.4. The number of para-hydroxylation sites is 1. The number of nitriles is 3. The van der Waals surface area contributed by atoms with Crippen LogP contribution in [0.5, 0.6) is 0 Å². The lowest BCUT2D eigenvalue weighted by molar-refractivity contribution is 1.18. The molecule has 50 heavy (non-hydrogen) atoms. The van der Waals surface area contributed by atoms with Gasteiger partial charge in [0.05, 0.1) is 33.8 Å². The lowest BCUT2D eigenvalue weighted by Crippen LogP contribution is -2.75. The summed E-state index contributed by atoms with van der Waals surface area (Å²) in [5, 5.41) is 37.2. The van der Waals surface area contributed by atoms with Crippen LogP contribution in [-0.2, 0) is 0 Å². The summed E-state index contributed by atoms with van der Waals surface area (Å²) in [4.78, 5) is 0. The van der Waals surface area contributed by atoms with Crippen LogP contribution in [0.25, 0.3) is 38.6 Å². The van der Waals surface area contributed by atoms with Crippen LogP contribution < -0.4 is 20.7 Å². The van der Waals surface area contributed by atoms with Crippen molar-refractivity contribution in [1.82, 2.24) is 4.57 Å². The van der Waals surface area contributed by atoms with Crippen molar-refractivity contribution in [2.75, 3.05) is 0 Å². The molecule has 0 aliphatic heterocycles. The first-order chi connectivity index (χ1) is 24.7. The normalized spacial score (nSPS) is 11.1. The smallest absolute Gasteiger partial charge is 0.181 e. The summed E-state index contributed by atoms with van der Waals surface area (Å²) in [6.07, 6.45) is 0. The van der Waals surface area contributed by atoms with Gasteiger partial charge in [-0.05, 0) is 74.3 Å². The minimum absolute atomic E-state index is 0.361. The highest BCUT2D eigenvalue weighted by molar-refractivity contribution is 7.20. The molecule has 8 rings (SSSR count). The fraction of sp³-hybridized carbons (Fsp3) is 0. The Kier molecular flexibility index (Phi) is 7.63. The van der Waals surface area contributed by atoms with Crippen molar-refractivity contribution in [3.05, 3.63) is 187 Å². The van der Waals surface area contributed by atoms with E-state index in [2.05, 4.69) is 138 Å². The first kappa shape index (κ1) is 30.4. The fourth-order valence-electron chi connectivity index (χ4n) is 7.47. The molecule has 0 radical (unpaired) electrons.